The first-order chi connectivity index (χ1) is 6.15. The number of nitrogens with one attached hydrogen (secondary N) is 2. The number of hydrogen-bond donors (Lipinski definition) is 2. The zero-order valence-corrected chi connectivity index (χ0v) is 7.42. The summed E-state index contributed by atoms with van der Waals surface area (Å²) in [6.45, 7) is 1.98. The minimum atomic E-state index is -0.720. The van der Waals surface area contributed by atoms with Gasteiger partial charge in [-0.1, -0.05) is 19.8 Å². The summed E-state index contributed by atoms with van der Waals surface area (Å²) in [6.07, 6.45) is 2.23. The molecule has 0 atom stereocenters. The topological polar surface area (TPSA) is 75.3 Å². The molecule has 1 heterocycles. The summed E-state index contributed by atoms with van der Waals surface area (Å²) < 4.78 is 0. The molecule has 0 aromatic rings. The monoisotopic (exact) mass is 226 g/mol. The van der Waals surface area contributed by atoms with Crippen LogP contribution in [0.5, 0.6) is 0 Å². The Morgan fingerprint density at radius 2 is 1.64 bits per heavy atom. The van der Waals surface area contributed by atoms with Gasteiger partial charge in [-0.15, -0.1) is 0 Å². The molecule has 0 spiro atoms. The van der Waals surface area contributed by atoms with E-state index in [1.807, 2.05) is 6.92 Å². The summed E-state index contributed by atoms with van der Waals surface area (Å²) in [5, 5.41) is 4.12. The van der Waals surface area contributed by atoms with E-state index in [0.29, 0.717) is 6.42 Å². The van der Waals surface area contributed by atoms with Gasteiger partial charge in [-0.05, 0) is 6.42 Å². The third-order valence-electron chi connectivity index (χ3n) is 1.95. The average Bonchev–Trinajstić information content (AvgIpc) is 2.02. The van der Waals surface area contributed by atoms with Gasteiger partial charge in [0.2, 0.25) is 11.8 Å². The fourth-order valence-corrected chi connectivity index (χ4v) is 1.22. The molecule has 76 valence electrons. The fraction of sp³-hybridized carbons (Fsp3) is 0.625. The van der Waals surface area contributed by atoms with Gasteiger partial charge in [0.05, 0.1) is 0 Å². The van der Waals surface area contributed by atoms with Crippen LogP contribution in [0.1, 0.15) is 26.2 Å². The molecule has 0 bridgehead atoms. The van der Waals surface area contributed by atoms with Crippen molar-refractivity contribution in [2.45, 2.75) is 26.2 Å². The van der Waals surface area contributed by atoms with E-state index in [4.69, 9.17) is 0 Å². The van der Waals surface area contributed by atoms with Crippen molar-refractivity contribution in [3.63, 3.8) is 0 Å². The van der Waals surface area contributed by atoms with Crippen molar-refractivity contribution in [1.82, 2.24) is 10.6 Å². The number of urea groups is 1. The van der Waals surface area contributed by atoms with E-state index in [1.54, 1.807) is 0 Å². The molecule has 5 nitrogen and oxygen atoms in total. The molecule has 0 saturated carbocycles. The minimum absolute atomic E-state index is 0. The normalized spacial score (nSPS) is 17.1. The van der Waals surface area contributed by atoms with Crippen molar-refractivity contribution in [3.8, 4) is 0 Å². The second-order valence-electron chi connectivity index (χ2n) is 3.00. The van der Waals surface area contributed by atoms with Crippen molar-refractivity contribution < 1.29 is 14.4 Å². The molecule has 4 amide bonds. The molecular formula is C8H14CaN2O3. The SMILES string of the molecule is CCCCC1C(=O)NC(=O)NC1=O.[CaH2]. The van der Waals surface area contributed by atoms with Crippen LogP contribution in [-0.4, -0.2) is 55.6 Å². The molecule has 0 aliphatic carbocycles. The number of rotatable bonds is 3. The molecule has 6 heteroatoms. The van der Waals surface area contributed by atoms with Gasteiger partial charge in [0.15, 0.2) is 0 Å². The Kier molecular flexibility index (Phi) is 6.31. The molecule has 1 aliphatic rings. The van der Waals surface area contributed by atoms with Gasteiger partial charge < -0.3 is 0 Å². The number of carbonyl (C=O) groups is 3. The third-order valence-corrected chi connectivity index (χ3v) is 1.95. The number of barbiturate groups is 1. The van der Waals surface area contributed by atoms with Crippen molar-refractivity contribution in [2.24, 2.45) is 5.92 Å². The van der Waals surface area contributed by atoms with E-state index < -0.39 is 23.8 Å². The number of carbonyl (C=O) groups excluding carboxylic acids is 3. The molecule has 1 rings (SSSR count). The van der Waals surface area contributed by atoms with Crippen LogP contribution in [0.2, 0.25) is 0 Å². The van der Waals surface area contributed by atoms with Crippen molar-refractivity contribution in [3.05, 3.63) is 0 Å². The Balaban J connectivity index is 0.00000169. The van der Waals surface area contributed by atoms with Crippen molar-refractivity contribution in [2.75, 3.05) is 0 Å². The van der Waals surface area contributed by atoms with Crippen LogP contribution in [0.3, 0.4) is 0 Å². The summed E-state index contributed by atoms with van der Waals surface area (Å²) in [5.41, 5.74) is 0. The Morgan fingerprint density at radius 1 is 1.14 bits per heavy atom. The number of imide groups is 2. The van der Waals surface area contributed by atoms with Gasteiger partial charge in [0, 0.05) is 0 Å². The Labute approximate surface area is 112 Å². The van der Waals surface area contributed by atoms with Gasteiger partial charge in [-0.25, -0.2) is 4.79 Å². The Morgan fingerprint density at radius 3 is 2.07 bits per heavy atom. The number of amides is 4. The zero-order chi connectivity index (χ0) is 9.84. The molecule has 2 N–H and O–H groups in total. The van der Waals surface area contributed by atoms with Gasteiger partial charge in [-0.2, -0.15) is 0 Å². The molecule has 0 aromatic carbocycles. The predicted molar refractivity (Wildman–Crippen MR) is 53.2 cm³/mol. The summed E-state index contributed by atoms with van der Waals surface area (Å²) in [5.74, 6) is -1.66. The molecule has 0 radical (unpaired) electrons. The van der Waals surface area contributed by atoms with Crippen LogP contribution in [0.4, 0.5) is 4.79 Å². The maximum atomic E-state index is 11.1. The van der Waals surface area contributed by atoms with Crippen molar-refractivity contribution >= 4 is 55.6 Å². The van der Waals surface area contributed by atoms with Crippen LogP contribution >= 0.6 is 0 Å². The molecule has 1 aliphatic heterocycles. The number of unbranched alkanes of at least 4 members (excludes halogenated alkanes) is 1. The zero-order valence-electron chi connectivity index (χ0n) is 7.42. The first kappa shape index (κ1) is 13.9. The van der Waals surface area contributed by atoms with Gasteiger partial charge in [0.1, 0.15) is 5.92 Å². The molecular weight excluding hydrogens is 212 g/mol. The van der Waals surface area contributed by atoms with Gasteiger partial charge >= 0.3 is 43.8 Å². The standard InChI is InChI=1S/C8H12N2O3.Ca.2H/c1-2-3-4-5-6(11)9-8(13)10-7(5)12;;;/h5H,2-4H2,1H3,(H2,9,10,11,12,13);;;. The first-order valence-electron chi connectivity index (χ1n) is 4.31. The fourth-order valence-electron chi connectivity index (χ4n) is 1.22. The molecule has 0 aromatic heterocycles. The van der Waals surface area contributed by atoms with Gasteiger partial charge in [-0.3, -0.25) is 20.2 Å². The molecule has 1 fully saturated rings. The van der Waals surface area contributed by atoms with E-state index in [0.717, 1.165) is 12.8 Å². The maximum absolute atomic E-state index is 11.1. The molecule has 1 saturated heterocycles. The third kappa shape index (κ3) is 3.55. The summed E-state index contributed by atoms with van der Waals surface area (Å²) in [7, 11) is 0. The average molecular weight is 226 g/mol. The molecule has 14 heavy (non-hydrogen) atoms. The van der Waals surface area contributed by atoms with Crippen molar-refractivity contribution in [1.29, 1.82) is 0 Å². The van der Waals surface area contributed by atoms with Crippen LogP contribution in [0.25, 0.3) is 0 Å². The van der Waals surface area contributed by atoms with Crippen LogP contribution in [0, 0.1) is 5.92 Å². The Bertz CT molecular complexity index is 235. The predicted octanol–water partition coefficient (Wildman–Crippen LogP) is -0.757. The summed E-state index contributed by atoms with van der Waals surface area (Å²) >= 11 is 0. The van der Waals surface area contributed by atoms with E-state index in [1.165, 1.54) is 0 Å². The number of hydrogen-bond acceptors (Lipinski definition) is 3. The second-order valence-corrected chi connectivity index (χ2v) is 3.00. The van der Waals surface area contributed by atoms with E-state index in [-0.39, 0.29) is 37.7 Å². The van der Waals surface area contributed by atoms with Crippen LogP contribution in [0.15, 0.2) is 0 Å². The summed E-state index contributed by atoms with van der Waals surface area (Å²) in [6, 6.07) is -0.720. The summed E-state index contributed by atoms with van der Waals surface area (Å²) in [4.78, 5) is 32.9. The second kappa shape index (κ2) is 6.37. The van der Waals surface area contributed by atoms with Crippen LogP contribution < -0.4 is 10.6 Å². The molecule has 0 unspecified atom stereocenters. The van der Waals surface area contributed by atoms with Gasteiger partial charge in [0.25, 0.3) is 0 Å². The first-order valence-corrected chi connectivity index (χ1v) is 4.31. The Hall–Kier alpha value is -0.130. The van der Waals surface area contributed by atoms with E-state index in [2.05, 4.69) is 10.6 Å². The van der Waals surface area contributed by atoms with E-state index in [9.17, 15) is 14.4 Å². The van der Waals surface area contributed by atoms with E-state index >= 15 is 0 Å². The quantitative estimate of drug-likeness (QED) is 0.491. The van der Waals surface area contributed by atoms with Crippen LogP contribution in [-0.2, 0) is 9.59 Å².